The van der Waals surface area contributed by atoms with Crippen molar-refractivity contribution >= 4 is 11.8 Å². The molecule has 96 valence electrons. The van der Waals surface area contributed by atoms with Gasteiger partial charge in [0.25, 0.3) is 0 Å². The number of hydrazine groups is 1. The summed E-state index contributed by atoms with van der Waals surface area (Å²) in [6.45, 7) is 5.93. The van der Waals surface area contributed by atoms with E-state index in [-0.39, 0.29) is 18.3 Å². The lowest BCUT2D eigenvalue weighted by Crippen LogP contribution is -2.39. The van der Waals surface area contributed by atoms with E-state index in [1.165, 1.54) is 0 Å². The standard InChI is InChI=1S/C10H18FN5O/c1-4-16(6-10(2,3)17)8-7(11)5-13-9(14-8)15-12/h5,17H,4,6,12H2,1-3H3,(H,13,14,15). The minimum atomic E-state index is -0.941. The van der Waals surface area contributed by atoms with Gasteiger partial charge in [0.2, 0.25) is 5.95 Å². The second-order valence-electron chi connectivity index (χ2n) is 4.34. The Balaban J connectivity index is 3.02. The molecule has 4 N–H and O–H groups in total. The van der Waals surface area contributed by atoms with E-state index in [1.54, 1.807) is 18.7 Å². The van der Waals surface area contributed by atoms with Crippen LogP contribution in [0, 0.1) is 5.82 Å². The average Bonchev–Trinajstić information content (AvgIpc) is 2.25. The van der Waals surface area contributed by atoms with Crippen molar-refractivity contribution in [1.29, 1.82) is 0 Å². The molecule has 0 unspecified atom stereocenters. The molecule has 0 spiro atoms. The zero-order valence-electron chi connectivity index (χ0n) is 10.2. The van der Waals surface area contributed by atoms with Crippen molar-refractivity contribution in [2.24, 2.45) is 5.84 Å². The molecule has 0 saturated carbocycles. The molecule has 0 aromatic carbocycles. The van der Waals surface area contributed by atoms with Crippen LogP contribution in [0.3, 0.4) is 0 Å². The smallest absolute Gasteiger partial charge is 0.239 e. The van der Waals surface area contributed by atoms with Gasteiger partial charge in [-0.1, -0.05) is 0 Å². The Kier molecular flexibility index (Phi) is 4.19. The summed E-state index contributed by atoms with van der Waals surface area (Å²) in [4.78, 5) is 9.22. The van der Waals surface area contributed by atoms with Crippen molar-refractivity contribution < 1.29 is 9.50 Å². The number of hydrogen-bond donors (Lipinski definition) is 3. The van der Waals surface area contributed by atoms with Gasteiger partial charge < -0.3 is 10.0 Å². The lowest BCUT2D eigenvalue weighted by atomic mass is 10.1. The van der Waals surface area contributed by atoms with Crippen molar-refractivity contribution in [1.82, 2.24) is 9.97 Å². The minimum Gasteiger partial charge on any atom is -0.389 e. The van der Waals surface area contributed by atoms with E-state index in [1.807, 2.05) is 6.92 Å². The summed E-state index contributed by atoms with van der Waals surface area (Å²) in [6, 6.07) is 0. The number of aromatic nitrogens is 2. The van der Waals surface area contributed by atoms with Gasteiger partial charge in [0.15, 0.2) is 11.6 Å². The third-order valence-corrected chi connectivity index (χ3v) is 2.11. The number of anilines is 2. The molecule has 0 bridgehead atoms. The number of nitrogen functional groups attached to an aromatic ring is 1. The van der Waals surface area contributed by atoms with E-state index in [2.05, 4.69) is 15.4 Å². The highest BCUT2D eigenvalue weighted by Crippen LogP contribution is 2.19. The summed E-state index contributed by atoms with van der Waals surface area (Å²) in [5, 5.41) is 9.75. The lowest BCUT2D eigenvalue weighted by Gasteiger charge is -2.29. The second kappa shape index (κ2) is 5.24. The molecule has 0 aliphatic rings. The number of rotatable bonds is 5. The Morgan fingerprint density at radius 1 is 1.59 bits per heavy atom. The molecule has 0 fully saturated rings. The van der Waals surface area contributed by atoms with Gasteiger partial charge in [0.05, 0.1) is 11.8 Å². The largest absolute Gasteiger partial charge is 0.389 e. The molecule has 6 nitrogen and oxygen atoms in total. The number of nitrogens with zero attached hydrogens (tertiary/aromatic N) is 3. The average molecular weight is 243 g/mol. The molecule has 1 rings (SSSR count). The van der Waals surface area contributed by atoms with Gasteiger partial charge in [-0.25, -0.2) is 15.2 Å². The quantitative estimate of drug-likeness (QED) is 0.515. The van der Waals surface area contributed by atoms with Crippen molar-refractivity contribution in [3.63, 3.8) is 0 Å². The molecule has 0 aliphatic heterocycles. The van der Waals surface area contributed by atoms with Crippen LogP contribution in [0.1, 0.15) is 20.8 Å². The highest BCUT2D eigenvalue weighted by molar-refractivity contribution is 5.43. The van der Waals surface area contributed by atoms with Crippen LogP contribution in [0.15, 0.2) is 6.20 Å². The van der Waals surface area contributed by atoms with Crippen LogP contribution < -0.4 is 16.2 Å². The van der Waals surface area contributed by atoms with E-state index in [4.69, 9.17) is 5.84 Å². The summed E-state index contributed by atoms with van der Waals surface area (Å²) in [6.07, 6.45) is 1.05. The topological polar surface area (TPSA) is 87.3 Å². The van der Waals surface area contributed by atoms with Crippen LogP contribution in [0.5, 0.6) is 0 Å². The molecule has 0 aliphatic carbocycles. The molecule has 17 heavy (non-hydrogen) atoms. The van der Waals surface area contributed by atoms with Crippen molar-refractivity contribution in [2.75, 3.05) is 23.4 Å². The van der Waals surface area contributed by atoms with Gasteiger partial charge in [0, 0.05) is 13.1 Å². The second-order valence-corrected chi connectivity index (χ2v) is 4.34. The third-order valence-electron chi connectivity index (χ3n) is 2.11. The van der Waals surface area contributed by atoms with E-state index >= 15 is 0 Å². The Morgan fingerprint density at radius 3 is 2.71 bits per heavy atom. The van der Waals surface area contributed by atoms with Crippen LogP contribution in [0.4, 0.5) is 16.2 Å². The lowest BCUT2D eigenvalue weighted by molar-refractivity contribution is 0.0872. The number of hydrogen-bond acceptors (Lipinski definition) is 6. The number of nitrogens with one attached hydrogen (secondary N) is 1. The van der Waals surface area contributed by atoms with Crippen LogP contribution >= 0.6 is 0 Å². The molecular formula is C10H18FN5O. The SMILES string of the molecule is CCN(CC(C)(C)O)c1nc(NN)ncc1F. The molecule has 7 heteroatoms. The van der Waals surface area contributed by atoms with Crippen molar-refractivity contribution in [2.45, 2.75) is 26.4 Å². The van der Waals surface area contributed by atoms with Crippen LogP contribution in [-0.2, 0) is 0 Å². The van der Waals surface area contributed by atoms with Crippen molar-refractivity contribution in [3.05, 3.63) is 12.0 Å². The highest BCUT2D eigenvalue weighted by atomic mass is 19.1. The first-order chi connectivity index (χ1) is 7.87. The maximum absolute atomic E-state index is 13.6. The van der Waals surface area contributed by atoms with Crippen LogP contribution in [0.25, 0.3) is 0 Å². The Morgan fingerprint density at radius 2 is 2.24 bits per heavy atom. The van der Waals surface area contributed by atoms with E-state index in [9.17, 15) is 9.50 Å². The van der Waals surface area contributed by atoms with E-state index in [0.29, 0.717) is 6.54 Å². The van der Waals surface area contributed by atoms with Gasteiger partial charge in [0.1, 0.15) is 0 Å². The molecule has 0 saturated heterocycles. The highest BCUT2D eigenvalue weighted by Gasteiger charge is 2.21. The number of likely N-dealkylation sites (N-methyl/N-ethyl adjacent to an activating group) is 1. The van der Waals surface area contributed by atoms with Gasteiger partial charge in [-0.05, 0) is 20.8 Å². The van der Waals surface area contributed by atoms with Crippen LogP contribution in [-0.4, -0.2) is 33.8 Å². The number of aliphatic hydroxyl groups is 1. The summed E-state index contributed by atoms with van der Waals surface area (Å²) in [7, 11) is 0. The zero-order valence-corrected chi connectivity index (χ0v) is 10.2. The fraction of sp³-hybridized carbons (Fsp3) is 0.600. The first-order valence-electron chi connectivity index (χ1n) is 5.34. The fourth-order valence-corrected chi connectivity index (χ4v) is 1.45. The molecule has 0 amide bonds. The van der Waals surface area contributed by atoms with Gasteiger partial charge in [-0.2, -0.15) is 4.98 Å². The molecule has 1 aromatic heterocycles. The molecule has 1 heterocycles. The normalized spacial score (nSPS) is 11.4. The summed E-state index contributed by atoms with van der Waals surface area (Å²) in [5.74, 6) is 4.88. The molecular weight excluding hydrogens is 225 g/mol. The minimum absolute atomic E-state index is 0.123. The maximum Gasteiger partial charge on any atom is 0.239 e. The molecule has 1 aromatic rings. The van der Waals surface area contributed by atoms with Crippen LogP contribution in [0.2, 0.25) is 0 Å². The molecule has 0 atom stereocenters. The third kappa shape index (κ3) is 3.79. The first-order valence-corrected chi connectivity index (χ1v) is 5.34. The Labute approximate surface area is 99.6 Å². The molecule has 0 radical (unpaired) electrons. The monoisotopic (exact) mass is 243 g/mol. The number of nitrogens with two attached hydrogens (primary N) is 1. The van der Waals surface area contributed by atoms with E-state index < -0.39 is 11.4 Å². The van der Waals surface area contributed by atoms with Gasteiger partial charge in [-0.3, -0.25) is 5.43 Å². The van der Waals surface area contributed by atoms with E-state index in [0.717, 1.165) is 6.20 Å². The summed E-state index contributed by atoms with van der Waals surface area (Å²) in [5.41, 5.74) is 1.32. The number of halogens is 1. The van der Waals surface area contributed by atoms with Gasteiger partial charge in [-0.15, -0.1) is 0 Å². The summed E-state index contributed by atoms with van der Waals surface area (Å²) < 4.78 is 13.6. The fourth-order valence-electron chi connectivity index (χ4n) is 1.45. The Hall–Kier alpha value is -1.47. The zero-order chi connectivity index (χ0) is 13.1. The van der Waals surface area contributed by atoms with Crippen molar-refractivity contribution in [3.8, 4) is 0 Å². The Bertz CT molecular complexity index is 379. The maximum atomic E-state index is 13.6. The predicted octanol–water partition coefficient (Wildman–Crippen LogP) is 0.499. The van der Waals surface area contributed by atoms with Gasteiger partial charge >= 0.3 is 0 Å². The first kappa shape index (κ1) is 13.6. The summed E-state index contributed by atoms with van der Waals surface area (Å²) >= 11 is 0. The predicted molar refractivity (Wildman–Crippen MR) is 64.0 cm³/mol.